The Kier molecular flexibility index (Phi) is 30.7. The minimum atomic E-state index is 1.14. The van der Waals surface area contributed by atoms with Gasteiger partial charge in [-0.3, -0.25) is 0 Å². The Bertz CT molecular complexity index is 1370. The predicted molar refractivity (Wildman–Crippen MR) is 246 cm³/mol. The van der Waals surface area contributed by atoms with Crippen molar-refractivity contribution >= 4 is 0 Å². The molecule has 0 saturated carbocycles. The summed E-state index contributed by atoms with van der Waals surface area (Å²) in [5.74, 6) is 0. The lowest BCUT2D eigenvalue weighted by molar-refractivity contribution is 1.09. The Morgan fingerprint density at radius 1 is 0.358 bits per heavy atom. The molecule has 298 valence electrons. The summed E-state index contributed by atoms with van der Waals surface area (Å²) in [5.41, 5.74) is 21.7. The molecular formula is C53H86. The molecule has 4 aromatic carbocycles. The van der Waals surface area contributed by atoms with Gasteiger partial charge >= 0.3 is 0 Å². The van der Waals surface area contributed by atoms with Gasteiger partial charge in [0.25, 0.3) is 0 Å². The summed E-state index contributed by atoms with van der Waals surface area (Å²) in [5, 5.41) is 0. The van der Waals surface area contributed by atoms with Crippen molar-refractivity contribution in [1.82, 2.24) is 0 Å². The highest BCUT2D eigenvalue weighted by atomic mass is 14.3. The molecule has 0 bridgehead atoms. The number of rotatable bonds is 7. The maximum atomic E-state index is 2.37. The van der Waals surface area contributed by atoms with Crippen LogP contribution < -0.4 is 0 Å². The van der Waals surface area contributed by atoms with Crippen LogP contribution >= 0.6 is 0 Å². The van der Waals surface area contributed by atoms with Crippen molar-refractivity contribution in [3.63, 3.8) is 0 Å². The van der Waals surface area contributed by atoms with E-state index in [4.69, 9.17) is 0 Å². The van der Waals surface area contributed by atoms with Crippen LogP contribution in [0.5, 0.6) is 0 Å². The fourth-order valence-corrected chi connectivity index (χ4v) is 6.03. The Morgan fingerprint density at radius 2 is 0.642 bits per heavy atom. The van der Waals surface area contributed by atoms with Crippen molar-refractivity contribution in [3.8, 4) is 0 Å². The van der Waals surface area contributed by atoms with Crippen LogP contribution in [-0.2, 0) is 64.2 Å². The molecule has 0 heterocycles. The smallest absolute Gasteiger partial charge is 0.00171 e. The fourth-order valence-electron chi connectivity index (χ4n) is 6.03. The minimum absolute atomic E-state index is 1.14. The molecule has 0 heteroatoms. The average molecular weight is 723 g/mol. The van der Waals surface area contributed by atoms with Crippen LogP contribution in [0.4, 0.5) is 0 Å². The Morgan fingerprint density at radius 3 is 0.849 bits per heavy atom. The van der Waals surface area contributed by atoms with Gasteiger partial charge < -0.3 is 0 Å². The summed E-state index contributed by atoms with van der Waals surface area (Å²) in [6, 6.07) is 22.8. The largest absolute Gasteiger partial charge is 0.0683 e. The predicted octanol–water partition coefficient (Wildman–Crippen LogP) is 16.2. The third-order valence-corrected chi connectivity index (χ3v) is 9.07. The van der Waals surface area contributed by atoms with Gasteiger partial charge in [-0.2, -0.15) is 0 Å². The van der Waals surface area contributed by atoms with Crippen molar-refractivity contribution in [1.29, 1.82) is 0 Å². The highest BCUT2D eigenvalue weighted by Crippen LogP contribution is 2.34. The van der Waals surface area contributed by atoms with E-state index in [1.54, 1.807) is 50.1 Å². The van der Waals surface area contributed by atoms with Gasteiger partial charge in [0, 0.05) is 0 Å². The van der Waals surface area contributed by atoms with Crippen LogP contribution in [0, 0.1) is 6.92 Å². The Labute approximate surface area is 332 Å². The van der Waals surface area contributed by atoms with Crippen LogP contribution in [0.3, 0.4) is 0 Å². The molecule has 0 atom stereocenters. The average Bonchev–Trinajstić information content (AvgIpc) is 4.12. The zero-order valence-electron chi connectivity index (χ0n) is 38.6. The van der Waals surface area contributed by atoms with Gasteiger partial charge in [0.1, 0.15) is 0 Å². The molecule has 0 unspecified atom stereocenters. The molecule has 0 nitrogen and oxygen atoms in total. The molecule has 7 rings (SSSR count). The maximum Gasteiger partial charge on any atom is -0.00171 e. The van der Waals surface area contributed by atoms with E-state index in [1.165, 1.54) is 92.0 Å². The van der Waals surface area contributed by atoms with E-state index in [2.05, 4.69) is 130 Å². The minimum Gasteiger partial charge on any atom is -0.0683 e. The zero-order valence-corrected chi connectivity index (χ0v) is 38.6. The van der Waals surface area contributed by atoms with E-state index in [0.717, 1.165) is 6.42 Å². The van der Waals surface area contributed by atoms with E-state index in [0.29, 0.717) is 0 Å². The first kappa shape index (κ1) is 52.0. The monoisotopic (exact) mass is 723 g/mol. The van der Waals surface area contributed by atoms with Gasteiger partial charge in [0.2, 0.25) is 0 Å². The van der Waals surface area contributed by atoms with E-state index in [9.17, 15) is 0 Å². The van der Waals surface area contributed by atoms with E-state index >= 15 is 0 Å². The van der Waals surface area contributed by atoms with E-state index in [-0.39, 0.29) is 0 Å². The number of fused-ring (bicyclic) bond motifs is 3. The van der Waals surface area contributed by atoms with Crippen LogP contribution in [0.25, 0.3) is 0 Å². The molecule has 0 amide bonds. The van der Waals surface area contributed by atoms with E-state index < -0.39 is 0 Å². The second-order valence-electron chi connectivity index (χ2n) is 12.9. The van der Waals surface area contributed by atoms with Crippen molar-refractivity contribution in [2.45, 2.75) is 195 Å². The summed E-state index contributed by atoms with van der Waals surface area (Å²) >= 11 is 0. The van der Waals surface area contributed by atoms with Gasteiger partial charge in [-0.15, -0.1) is 0 Å². The topological polar surface area (TPSA) is 0 Å². The Hall–Kier alpha value is -3.12. The molecule has 4 aromatic rings. The molecular weight excluding hydrogens is 637 g/mol. The van der Waals surface area contributed by atoms with Crippen LogP contribution in [-0.4, -0.2) is 0 Å². The molecule has 0 saturated heterocycles. The molecule has 0 aliphatic heterocycles. The summed E-state index contributed by atoms with van der Waals surface area (Å²) < 4.78 is 0. The zero-order chi connectivity index (χ0) is 40.9. The first-order valence-electron chi connectivity index (χ1n) is 22.2. The SMILES string of the molecule is CC.CC.CC.CC.CCC.CCc1cc(CC)c2c(c1)C2.CCc1cc(CC)c2c(c1)C2.CCc1cc(CC)c2c(c1)C2.CCc1cccc(C)c1. The maximum absolute atomic E-state index is 2.37. The van der Waals surface area contributed by atoms with Crippen molar-refractivity contribution in [2.75, 3.05) is 0 Å². The third-order valence-electron chi connectivity index (χ3n) is 9.07. The molecule has 53 heavy (non-hydrogen) atoms. The second-order valence-corrected chi connectivity index (χ2v) is 12.9. The summed E-state index contributed by atoms with van der Waals surface area (Å²) in [4.78, 5) is 0. The summed E-state index contributed by atoms with van der Waals surface area (Å²) in [7, 11) is 0. The number of aryl methyl sites for hydroxylation is 8. The number of benzene rings is 4. The van der Waals surface area contributed by atoms with E-state index in [1.807, 2.05) is 55.4 Å². The van der Waals surface area contributed by atoms with Crippen LogP contribution in [0.2, 0.25) is 0 Å². The van der Waals surface area contributed by atoms with Gasteiger partial charge in [0.05, 0.1) is 0 Å². The van der Waals surface area contributed by atoms with Gasteiger partial charge in [-0.05, 0) is 143 Å². The van der Waals surface area contributed by atoms with Crippen LogP contribution in [0.15, 0.2) is 60.7 Å². The quantitative estimate of drug-likeness (QED) is 0.154. The van der Waals surface area contributed by atoms with Crippen LogP contribution in [0.1, 0.15) is 202 Å². The van der Waals surface area contributed by atoms with Crippen molar-refractivity contribution in [2.24, 2.45) is 0 Å². The first-order chi connectivity index (χ1) is 25.8. The summed E-state index contributed by atoms with van der Waals surface area (Å²) in [6.45, 7) is 38.0. The molecule has 3 aliphatic rings. The molecule has 0 aromatic heterocycles. The Balaban J connectivity index is 0. The molecule has 0 spiro atoms. The van der Waals surface area contributed by atoms with Gasteiger partial charge in [-0.25, -0.2) is 0 Å². The molecule has 0 radical (unpaired) electrons. The lowest BCUT2D eigenvalue weighted by Crippen LogP contribution is -1.83. The highest BCUT2D eigenvalue weighted by molar-refractivity contribution is 5.54. The third kappa shape index (κ3) is 19.2. The lowest BCUT2D eigenvalue weighted by Gasteiger charge is -1.98. The standard InChI is InChI=1S/3C11H14.C9H12.C3H8.4C2H6/c3*1-3-8-5-9(4-2)11-7-10(11)6-8;1-3-9-6-4-5-8(2)7-9;1-3-2;4*1-2/h3*5-6H,3-4,7H2,1-2H3;4-7H,3H2,1-2H3;3H2,1-2H3;4*1-2H3. The van der Waals surface area contributed by atoms with Crippen molar-refractivity contribution in [3.05, 3.63) is 139 Å². The van der Waals surface area contributed by atoms with Gasteiger partial charge in [-0.1, -0.05) is 190 Å². The highest BCUT2D eigenvalue weighted by Gasteiger charge is 2.21. The molecule has 0 N–H and O–H groups in total. The number of hydrogen-bond donors (Lipinski definition) is 0. The summed E-state index contributed by atoms with van der Waals surface area (Å²) in [6.07, 6.45) is 13.3. The second kappa shape index (κ2) is 31.3. The van der Waals surface area contributed by atoms with Gasteiger partial charge in [0.15, 0.2) is 0 Å². The fraction of sp³-hybridized carbons (Fsp3) is 0.547. The van der Waals surface area contributed by atoms with Crippen molar-refractivity contribution < 1.29 is 0 Å². The molecule has 3 aliphatic carbocycles. The lowest BCUT2D eigenvalue weighted by atomic mass is 10.1. The normalized spacial score (nSPS) is 10.5. The number of hydrogen-bond acceptors (Lipinski definition) is 0. The first-order valence-corrected chi connectivity index (χ1v) is 22.2. The molecule has 0 fully saturated rings.